The maximum absolute atomic E-state index is 9.85. The number of carboxylic acid groups (broad SMARTS) is 3. The van der Waals surface area contributed by atoms with E-state index in [9.17, 15) is 29.7 Å². The Hall–Kier alpha value is -1.89. The van der Waals surface area contributed by atoms with Crippen molar-refractivity contribution in [3.05, 3.63) is 19.1 Å². The first kappa shape index (κ1) is 25.1. The molecular weight excluding hydrogens is 290 g/mol. The van der Waals surface area contributed by atoms with Crippen LogP contribution in [0.4, 0.5) is 0 Å². The molecule has 0 rings (SSSR count). The first-order valence-corrected chi connectivity index (χ1v) is 6.91. The van der Waals surface area contributed by atoms with Crippen LogP contribution >= 0.6 is 0 Å². The topological polar surface area (TPSA) is 124 Å². The van der Waals surface area contributed by atoms with Gasteiger partial charge in [0, 0.05) is 5.97 Å². The van der Waals surface area contributed by atoms with E-state index in [0.29, 0.717) is 12.2 Å². The zero-order chi connectivity index (χ0) is 18.0. The van der Waals surface area contributed by atoms with Crippen LogP contribution < -0.4 is 15.3 Å². The molecule has 0 atom stereocenters. The Morgan fingerprint density at radius 1 is 0.955 bits per heavy atom. The molecule has 0 aliphatic carbocycles. The molecule has 0 N–H and O–H groups in total. The summed E-state index contributed by atoms with van der Waals surface area (Å²) in [7, 11) is 3.99. The van der Waals surface area contributed by atoms with Gasteiger partial charge in [0.2, 0.25) is 0 Å². The number of rotatable bonds is 8. The van der Waals surface area contributed by atoms with Gasteiger partial charge in [0.05, 0.1) is 11.9 Å². The fourth-order valence-corrected chi connectivity index (χ4v) is 0.832. The summed E-state index contributed by atoms with van der Waals surface area (Å²) in [6.07, 6.45) is 5.06. The Morgan fingerprint density at radius 2 is 1.36 bits per heavy atom. The summed E-state index contributed by atoms with van der Waals surface area (Å²) < 4.78 is 0. The van der Waals surface area contributed by atoms with E-state index in [1.807, 2.05) is 19.0 Å². The predicted octanol–water partition coefficient (Wildman–Crippen LogP) is -1.87. The second-order valence-electron chi connectivity index (χ2n) is 4.46. The van der Waals surface area contributed by atoms with Crippen molar-refractivity contribution in [1.82, 2.24) is 4.90 Å². The Balaban J connectivity index is -0.000000257. The first-order valence-electron chi connectivity index (χ1n) is 6.91. The van der Waals surface area contributed by atoms with Crippen LogP contribution in [0.5, 0.6) is 0 Å². The molecule has 129 valence electrons. The van der Waals surface area contributed by atoms with E-state index in [2.05, 4.69) is 13.8 Å². The Labute approximate surface area is 132 Å². The van der Waals surface area contributed by atoms with Crippen molar-refractivity contribution in [1.29, 1.82) is 0 Å². The molecule has 0 saturated carbocycles. The summed E-state index contributed by atoms with van der Waals surface area (Å²) in [5.74, 6) is -4.02. The molecule has 0 heterocycles. The number of nitrogens with zero attached hydrogens (tertiary/aromatic N) is 1. The maximum Gasteiger partial charge on any atom is 0.0643 e. The molecule has 7 heteroatoms. The lowest BCUT2D eigenvalue weighted by atomic mass is 10.2. The predicted molar refractivity (Wildman–Crippen MR) is 76.8 cm³/mol. The van der Waals surface area contributed by atoms with Gasteiger partial charge in [-0.3, -0.25) is 0 Å². The standard InChI is InChI=1S/C7H14O2.C4H10N.C4H4O4/c1-2-3-4-5-6-7(8)9;1-4-5(2)3;5-3(6)1-2-4(7)8/h2-6H2,1H3,(H,8,9);1,4H2,2-3H3;1-2H,(H,5,6)(H,7,8)/p-3/b;;2-1-. The van der Waals surface area contributed by atoms with Gasteiger partial charge in [-0.05, 0) is 52.6 Å². The molecular formula is C15H25NO6-3. The molecule has 0 aromatic heterocycles. The van der Waals surface area contributed by atoms with Gasteiger partial charge in [0.15, 0.2) is 0 Å². The third kappa shape index (κ3) is 43.0. The molecule has 0 spiro atoms. The molecule has 0 amide bonds. The quantitative estimate of drug-likeness (QED) is 0.379. The van der Waals surface area contributed by atoms with Crippen LogP contribution in [0, 0.1) is 6.92 Å². The molecule has 0 bridgehead atoms. The van der Waals surface area contributed by atoms with Crippen molar-refractivity contribution in [2.75, 3.05) is 20.6 Å². The highest BCUT2D eigenvalue weighted by Crippen LogP contribution is 2.00. The molecule has 0 aliphatic rings. The number of carbonyl (C=O) groups is 3. The fourth-order valence-electron chi connectivity index (χ4n) is 0.832. The summed E-state index contributed by atoms with van der Waals surface area (Å²) in [4.78, 5) is 30.7. The van der Waals surface area contributed by atoms with E-state index in [1.165, 1.54) is 0 Å². The Kier molecular flexibility index (Phi) is 21.8. The lowest BCUT2D eigenvalue weighted by Gasteiger charge is -1.99. The van der Waals surface area contributed by atoms with Crippen molar-refractivity contribution < 1.29 is 29.7 Å². The summed E-state index contributed by atoms with van der Waals surface area (Å²) in [5, 5.41) is 28.7. The van der Waals surface area contributed by atoms with Crippen LogP contribution in [-0.4, -0.2) is 43.4 Å². The van der Waals surface area contributed by atoms with Gasteiger partial charge in [0.25, 0.3) is 0 Å². The van der Waals surface area contributed by atoms with Crippen molar-refractivity contribution in [3.8, 4) is 0 Å². The van der Waals surface area contributed by atoms with Gasteiger partial charge in [-0.1, -0.05) is 26.2 Å². The van der Waals surface area contributed by atoms with E-state index in [0.717, 1.165) is 32.2 Å². The van der Waals surface area contributed by atoms with Crippen LogP contribution in [0.25, 0.3) is 0 Å². The van der Waals surface area contributed by atoms with Crippen molar-refractivity contribution in [2.24, 2.45) is 0 Å². The van der Waals surface area contributed by atoms with E-state index >= 15 is 0 Å². The van der Waals surface area contributed by atoms with E-state index in [1.54, 1.807) is 0 Å². The number of aliphatic carboxylic acids is 3. The zero-order valence-electron chi connectivity index (χ0n) is 13.5. The molecule has 1 radical (unpaired) electrons. The second kappa shape index (κ2) is 19.1. The third-order valence-corrected chi connectivity index (χ3v) is 2.04. The average Bonchev–Trinajstić information content (AvgIpc) is 2.42. The van der Waals surface area contributed by atoms with E-state index in [4.69, 9.17) is 0 Å². The SMILES string of the molecule is CCCCCCC(=O)[O-].O=C([O-])/C=C\C(=O)[O-].[CH2]CN(C)C. The van der Waals surface area contributed by atoms with Crippen LogP contribution in [0.15, 0.2) is 12.2 Å². The first-order chi connectivity index (χ1) is 10.2. The number of unbranched alkanes of at least 4 members (excludes halogenated alkanes) is 3. The third-order valence-electron chi connectivity index (χ3n) is 2.04. The summed E-state index contributed by atoms with van der Waals surface area (Å²) in [6.45, 7) is 6.60. The lowest BCUT2D eigenvalue weighted by Crippen LogP contribution is -2.23. The summed E-state index contributed by atoms with van der Waals surface area (Å²) in [6, 6.07) is 0. The van der Waals surface area contributed by atoms with Crippen LogP contribution in [-0.2, 0) is 14.4 Å². The summed E-state index contributed by atoms with van der Waals surface area (Å²) in [5.41, 5.74) is 0. The van der Waals surface area contributed by atoms with E-state index < -0.39 is 17.9 Å². The monoisotopic (exact) mass is 315 g/mol. The molecule has 0 fully saturated rings. The van der Waals surface area contributed by atoms with Gasteiger partial charge in [0.1, 0.15) is 0 Å². The highest BCUT2D eigenvalue weighted by molar-refractivity contribution is 5.87. The average molecular weight is 315 g/mol. The number of carbonyl (C=O) groups excluding carboxylic acids is 3. The largest absolute Gasteiger partial charge is 0.550 e. The molecule has 22 heavy (non-hydrogen) atoms. The Morgan fingerprint density at radius 3 is 1.59 bits per heavy atom. The van der Waals surface area contributed by atoms with Crippen LogP contribution in [0.1, 0.15) is 39.0 Å². The normalized spacial score (nSPS) is 9.50. The number of carboxylic acids is 3. The van der Waals surface area contributed by atoms with E-state index in [-0.39, 0.29) is 6.42 Å². The highest BCUT2D eigenvalue weighted by Gasteiger charge is 1.86. The molecule has 0 unspecified atom stereocenters. The van der Waals surface area contributed by atoms with Gasteiger partial charge in [-0.2, -0.15) is 0 Å². The minimum atomic E-state index is -1.55. The lowest BCUT2D eigenvalue weighted by molar-refractivity contribution is -0.306. The van der Waals surface area contributed by atoms with Crippen LogP contribution in [0.3, 0.4) is 0 Å². The second-order valence-corrected chi connectivity index (χ2v) is 4.46. The van der Waals surface area contributed by atoms with Gasteiger partial charge in [-0.15, -0.1) is 0 Å². The Bertz CT molecular complexity index is 310. The minimum Gasteiger partial charge on any atom is -0.550 e. The fraction of sp³-hybridized carbons (Fsp3) is 0.600. The van der Waals surface area contributed by atoms with Crippen LogP contribution in [0.2, 0.25) is 0 Å². The molecule has 7 nitrogen and oxygen atoms in total. The van der Waals surface area contributed by atoms with Crippen molar-refractivity contribution in [2.45, 2.75) is 39.0 Å². The number of hydrogen-bond donors (Lipinski definition) is 0. The smallest absolute Gasteiger partial charge is 0.0643 e. The number of hydrogen-bond acceptors (Lipinski definition) is 7. The highest BCUT2D eigenvalue weighted by atomic mass is 16.4. The molecule has 0 saturated heterocycles. The van der Waals surface area contributed by atoms with Gasteiger partial charge >= 0.3 is 0 Å². The molecule has 0 aliphatic heterocycles. The van der Waals surface area contributed by atoms with Crippen molar-refractivity contribution >= 4 is 17.9 Å². The van der Waals surface area contributed by atoms with Gasteiger partial charge < -0.3 is 34.6 Å². The summed E-state index contributed by atoms with van der Waals surface area (Å²) >= 11 is 0. The molecule has 0 aromatic carbocycles. The maximum atomic E-state index is 9.85. The van der Waals surface area contributed by atoms with Crippen molar-refractivity contribution in [3.63, 3.8) is 0 Å². The molecule has 0 aromatic rings. The van der Waals surface area contributed by atoms with Gasteiger partial charge in [-0.25, -0.2) is 0 Å². The zero-order valence-corrected chi connectivity index (χ0v) is 13.5. The minimum absolute atomic E-state index is 0.222.